The number of fused-ring (bicyclic) bond motifs is 1. The smallest absolute Gasteiger partial charge is 0.318 e. The fourth-order valence-electron chi connectivity index (χ4n) is 2.01. The number of carbonyl (C=O) groups excluding carboxylic acids is 1. The lowest BCUT2D eigenvalue weighted by molar-refractivity contribution is -0.137. The lowest BCUT2D eigenvalue weighted by Crippen LogP contribution is -2.05. The molecule has 0 aromatic heterocycles. The van der Waals surface area contributed by atoms with Gasteiger partial charge < -0.3 is 9.84 Å². The molecule has 4 nitrogen and oxygen atoms in total. The molecule has 0 fully saturated rings. The average molecular weight is 234 g/mol. The summed E-state index contributed by atoms with van der Waals surface area (Å²) in [7, 11) is 0. The Kier molecular flexibility index (Phi) is 2.88. The third kappa shape index (κ3) is 2.16. The number of aliphatic carboxylic acids is 1. The topological polar surface area (TPSA) is 63.6 Å². The predicted molar refractivity (Wildman–Crippen MR) is 61.2 cm³/mol. The Morgan fingerprint density at radius 1 is 1.47 bits per heavy atom. The molecule has 0 bridgehead atoms. The van der Waals surface area contributed by atoms with Crippen LogP contribution in [0.25, 0.3) is 0 Å². The molecule has 1 aromatic carbocycles. The van der Waals surface area contributed by atoms with E-state index in [2.05, 4.69) is 0 Å². The summed E-state index contributed by atoms with van der Waals surface area (Å²) in [6.07, 6.45) is 0.582. The molecule has 1 N–H and O–H groups in total. The van der Waals surface area contributed by atoms with E-state index in [0.29, 0.717) is 12.2 Å². The summed E-state index contributed by atoms with van der Waals surface area (Å²) < 4.78 is 5.13. The van der Waals surface area contributed by atoms with Crippen molar-refractivity contribution >= 4 is 11.9 Å². The minimum Gasteiger partial charge on any atom is -0.481 e. The van der Waals surface area contributed by atoms with Crippen LogP contribution in [0, 0.1) is 6.92 Å². The maximum atomic E-state index is 11.4. The minimum absolute atomic E-state index is 0.100. The van der Waals surface area contributed by atoms with Gasteiger partial charge in [-0.05, 0) is 37.5 Å². The van der Waals surface area contributed by atoms with Gasteiger partial charge in [-0.2, -0.15) is 0 Å². The third-order valence-corrected chi connectivity index (χ3v) is 3.11. The van der Waals surface area contributed by atoms with Crippen LogP contribution < -0.4 is 4.74 Å². The van der Waals surface area contributed by atoms with Gasteiger partial charge in [0.2, 0.25) is 0 Å². The van der Waals surface area contributed by atoms with E-state index < -0.39 is 5.97 Å². The van der Waals surface area contributed by atoms with Crippen molar-refractivity contribution < 1.29 is 19.4 Å². The van der Waals surface area contributed by atoms with Crippen molar-refractivity contribution in [2.45, 2.75) is 32.6 Å². The van der Waals surface area contributed by atoms with E-state index in [1.807, 2.05) is 19.1 Å². The van der Waals surface area contributed by atoms with Crippen molar-refractivity contribution in [1.82, 2.24) is 0 Å². The number of ether oxygens (including phenoxy) is 1. The summed E-state index contributed by atoms with van der Waals surface area (Å²) in [6, 6.07) is 3.71. The maximum absolute atomic E-state index is 11.4. The molecule has 0 aliphatic carbocycles. The van der Waals surface area contributed by atoms with Crippen molar-refractivity contribution in [3.05, 3.63) is 28.8 Å². The van der Waals surface area contributed by atoms with E-state index in [4.69, 9.17) is 9.84 Å². The number of carboxylic acids is 1. The molecule has 0 spiro atoms. The van der Waals surface area contributed by atoms with E-state index >= 15 is 0 Å². The molecule has 90 valence electrons. The van der Waals surface area contributed by atoms with Crippen molar-refractivity contribution in [2.24, 2.45) is 0 Å². The molecule has 1 atom stereocenters. The van der Waals surface area contributed by atoms with Crippen LogP contribution in [0.1, 0.15) is 36.0 Å². The molecule has 0 radical (unpaired) electrons. The van der Waals surface area contributed by atoms with Gasteiger partial charge in [-0.3, -0.25) is 9.59 Å². The highest BCUT2D eigenvalue weighted by atomic mass is 16.5. The van der Waals surface area contributed by atoms with Crippen LogP contribution in [-0.2, 0) is 16.0 Å². The Balaban J connectivity index is 2.31. The number of carbonyl (C=O) groups is 2. The monoisotopic (exact) mass is 234 g/mol. The molecule has 17 heavy (non-hydrogen) atoms. The summed E-state index contributed by atoms with van der Waals surface area (Å²) in [5.41, 5.74) is 2.80. The van der Waals surface area contributed by atoms with Gasteiger partial charge in [0.15, 0.2) is 0 Å². The van der Waals surface area contributed by atoms with E-state index in [-0.39, 0.29) is 18.3 Å². The molecule has 2 rings (SSSR count). The van der Waals surface area contributed by atoms with Crippen LogP contribution in [0.4, 0.5) is 0 Å². The van der Waals surface area contributed by atoms with E-state index in [1.54, 1.807) is 6.92 Å². The van der Waals surface area contributed by atoms with Crippen LogP contribution in [0.2, 0.25) is 0 Å². The van der Waals surface area contributed by atoms with Crippen molar-refractivity contribution in [3.63, 3.8) is 0 Å². The number of rotatable bonds is 3. The SMILES string of the molecule is Cc1cc2c(cc1CCC(=O)O)C(C)C(=O)O2. The molecule has 1 aliphatic heterocycles. The zero-order valence-corrected chi connectivity index (χ0v) is 9.82. The van der Waals surface area contributed by atoms with Crippen molar-refractivity contribution in [3.8, 4) is 5.75 Å². The predicted octanol–water partition coefficient (Wildman–Crippen LogP) is 2.03. The normalized spacial score (nSPS) is 17.8. The molecule has 4 heteroatoms. The molecule has 1 aliphatic rings. The Morgan fingerprint density at radius 3 is 2.82 bits per heavy atom. The highest BCUT2D eigenvalue weighted by molar-refractivity contribution is 5.85. The molecule has 0 saturated carbocycles. The summed E-state index contributed by atoms with van der Waals surface area (Å²) in [4.78, 5) is 22.0. The fraction of sp³-hybridized carbons (Fsp3) is 0.385. The lowest BCUT2D eigenvalue weighted by atomic mass is 9.95. The van der Waals surface area contributed by atoms with E-state index in [0.717, 1.165) is 16.7 Å². The zero-order chi connectivity index (χ0) is 12.6. The Labute approximate surface area is 99.2 Å². The van der Waals surface area contributed by atoms with Gasteiger partial charge in [0.05, 0.1) is 5.92 Å². The number of hydrogen-bond donors (Lipinski definition) is 1. The van der Waals surface area contributed by atoms with Gasteiger partial charge >= 0.3 is 11.9 Å². The minimum atomic E-state index is -0.815. The summed E-state index contributed by atoms with van der Waals surface area (Å²) >= 11 is 0. The second kappa shape index (κ2) is 4.20. The number of aryl methyl sites for hydroxylation is 2. The van der Waals surface area contributed by atoms with Crippen LogP contribution in [0.15, 0.2) is 12.1 Å². The van der Waals surface area contributed by atoms with Gasteiger partial charge in [0, 0.05) is 12.0 Å². The average Bonchev–Trinajstić information content (AvgIpc) is 2.51. The van der Waals surface area contributed by atoms with Crippen molar-refractivity contribution in [1.29, 1.82) is 0 Å². The number of hydrogen-bond acceptors (Lipinski definition) is 3. The number of benzene rings is 1. The summed E-state index contributed by atoms with van der Waals surface area (Å²) in [5, 5.41) is 8.67. The Bertz CT molecular complexity index is 490. The number of esters is 1. The van der Waals surface area contributed by atoms with Crippen LogP contribution in [0.3, 0.4) is 0 Å². The first-order valence-electron chi connectivity index (χ1n) is 5.56. The second-order valence-electron chi connectivity index (χ2n) is 4.35. The first kappa shape index (κ1) is 11.6. The van der Waals surface area contributed by atoms with Gasteiger partial charge in [-0.1, -0.05) is 6.07 Å². The fourth-order valence-corrected chi connectivity index (χ4v) is 2.01. The first-order chi connectivity index (χ1) is 7.99. The standard InChI is InChI=1S/C13H14O4/c1-7-5-11-10(8(2)13(16)17-11)6-9(7)3-4-12(14)15/h5-6,8H,3-4H2,1-2H3,(H,14,15). The van der Waals surface area contributed by atoms with E-state index in [1.165, 1.54) is 0 Å². The van der Waals surface area contributed by atoms with Crippen molar-refractivity contribution in [2.75, 3.05) is 0 Å². The van der Waals surface area contributed by atoms with Gasteiger partial charge in [-0.25, -0.2) is 0 Å². The van der Waals surface area contributed by atoms with E-state index in [9.17, 15) is 9.59 Å². The molecule has 1 heterocycles. The Morgan fingerprint density at radius 2 is 2.18 bits per heavy atom. The molecule has 1 unspecified atom stereocenters. The summed E-state index contributed by atoms with van der Waals surface area (Å²) in [6.45, 7) is 3.69. The molecule has 0 saturated heterocycles. The molecule has 1 aromatic rings. The largest absolute Gasteiger partial charge is 0.481 e. The highest BCUT2D eigenvalue weighted by Gasteiger charge is 2.29. The number of carboxylic acid groups (broad SMARTS) is 1. The summed E-state index contributed by atoms with van der Waals surface area (Å²) in [5.74, 6) is -0.701. The van der Waals surface area contributed by atoms with Gasteiger partial charge in [0.25, 0.3) is 0 Å². The quantitative estimate of drug-likeness (QED) is 0.642. The molecule has 0 amide bonds. The maximum Gasteiger partial charge on any atom is 0.318 e. The third-order valence-electron chi connectivity index (χ3n) is 3.11. The Hall–Kier alpha value is -1.84. The first-order valence-corrected chi connectivity index (χ1v) is 5.56. The van der Waals surface area contributed by atoms with Crippen LogP contribution in [0.5, 0.6) is 5.75 Å². The van der Waals surface area contributed by atoms with Crippen LogP contribution >= 0.6 is 0 Å². The highest BCUT2D eigenvalue weighted by Crippen LogP contribution is 2.36. The zero-order valence-electron chi connectivity index (χ0n) is 9.82. The van der Waals surface area contributed by atoms with Gasteiger partial charge in [-0.15, -0.1) is 0 Å². The van der Waals surface area contributed by atoms with Gasteiger partial charge in [0.1, 0.15) is 5.75 Å². The van der Waals surface area contributed by atoms with Crippen LogP contribution in [-0.4, -0.2) is 17.0 Å². The molecular weight excluding hydrogens is 220 g/mol. The lowest BCUT2D eigenvalue weighted by Gasteiger charge is -2.07. The second-order valence-corrected chi connectivity index (χ2v) is 4.35. The molecular formula is C13H14O4.